The number of hydrogen-bond acceptors (Lipinski definition) is 5. The van der Waals surface area contributed by atoms with Crippen molar-refractivity contribution < 1.29 is 19.1 Å². The van der Waals surface area contributed by atoms with Gasteiger partial charge in [-0.05, 0) is 48.6 Å². The summed E-state index contributed by atoms with van der Waals surface area (Å²) >= 11 is 7.60. The lowest BCUT2D eigenvalue weighted by atomic mass is 9.95. The van der Waals surface area contributed by atoms with Crippen LogP contribution in [0, 0.1) is 5.92 Å². The third-order valence-corrected chi connectivity index (χ3v) is 4.59. The number of benzene rings is 1. The Kier molecular flexibility index (Phi) is 6.59. The quantitative estimate of drug-likeness (QED) is 0.791. The van der Waals surface area contributed by atoms with E-state index in [0.717, 1.165) is 17.1 Å². The summed E-state index contributed by atoms with van der Waals surface area (Å²) < 4.78 is 10.4. The molecule has 0 saturated heterocycles. The highest BCUT2D eigenvalue weighted by molar-refractivity contribution is 7.98. The van der Waals surface area contributed by atoms with Crippen molar-refractivity contribution >= 4 is 35.2 Å². The van der Waals surface area contributed by atoms with Crippen LogP contribution < -0.4 is 10.1 Å². The van der Waals surface area contributed by atoms with Crippen molar-refractivity contribution in [3.8, 4) is 5.75 Å². The second kappa shape index (κ2) is 8.45. The molecule has 1 heterocycles. The summed E-state index contributed by atoms with van der Waals surface area (Å²) in [6.07, 6.45) is 3.03. The van der Waals surface area contributed by atoms with Crippen LogP contribution in [0.1, 0.15) is 12.0 Å². The summed E-state index contributed by atoms with van der Waals surface area (Å²) in [5.41, 5.74) is 0.905. The lowest BCUT2D eigenvalue weighted by molar-refractivity contribution is -0.145. The summed E-state index contributed by atoms with van der Waals surface area (Å²) in [4.78, 5) is 24.2. The summed E-state index contributed by atoms with van der Waals surface area (Å²) in [6.45, 7) is 0.289. The standard InChI is InChI=1S/C16H20ClNO4S/c1-21-16(20)13(5-6-23-2)18-15(19)11-7-10-8-12(17)3-4-14(10)22-9-11/h3-4,8,11,13H,5-7,9H2,1-2H3,(H,18,19)/t11-,13+/m1/s1. The molecule has 0 radical (unpaired) electrons. The Balaban J connectivity index is 2.01. The van der Waals surface area contributed by atoms with Crippen LogP contribution in [0.4, 0.5) is 0 Å². The molecule has 0 spiro atoms. The zero-order valence-electron chi connectivity index (χ0n) is 13.1. The normalized spacial score (nSPS) is 17.6. The van der Waals surface area contributed by atoms with Crippen molar-refractivity contribution in [2.24, 2.45) is 5.92 Å². The monoisotopic (exact) mass is 357 g/mol. The first-order chi connectivity index (χ1) is 11.0. The number of hydrogen-bond donors (Lipinski definition) is 1. The van der Waals surface area contributed by atoms with E-state index in [1.807, 2.05) is 18.4 Å². The van der Waals surface area contributed by atoms with Gasteiger partial charge in [0.1, 0.15) is 18.4 Å². The van der Waals surface area contributed by atoms with Gasteiger partial charge in [0.2, 0.25) is 5.91 Å². The Labute approximate surface area is 145 Å². The Morgan fingerprint density at radius 1 is 1.52 bits per heavy atom. The number of carbonyl (C=O) groups excluding carboxylic acids is 2. The number of fused-ring (bicyclic) bond motifs is 1. The number of nitrogens with one attached hydrogen (secondary N) is 1. The summed E-state index contributed by atoms with van der Waals surface area (Å²) in [7, 11) is 1.32. The third-order valence-electron chi connectivity index (χ3n) is 3.71. The van der Waals surface area contributed by atoms with Gasteiger partial charge in [0.05, 0.1) is 13.0 Å². The molecule has 0 fully saturated rings. The molecule has 2 rings (SSSR count). The molecule has 1 aliphatic heterocycles. The van der Waals surface area contributed by atoms with Gasteiger partial charge < -0.3 is 14.8 Å². The van der Waals surface area contributed by atoms with Gasteiger partial charge in [0, 0.05) is 5.02 Å². The van der Waals surface area contributed by atoms with Gasteiger partial charge >= 0.3 is 5.97 Å². The molecule has 0 aromatic heterocycles. The number of thioether (sulfide) groups is 1. The molecule has 0 unspecified atom stereocenters. The molecule has 7 heteroatoms. The van der Waals surface area contributed by atoms with Crippen molar-refractivity contribution in [1.29, 1.82) is 0 Å². The maximum Gasteiger partial charge on any atom is 0.328 e. The number of amides is 1. The number of ether oxygens (including phenoxy) is 2. The van der Waals surface area contributed by atoms with Crippen molar-refractivity contribution in [2.45, 2.75) is 18.9 Å². The predicted octanol–water partition coefficient (Wildman–Crippen LogP) is 2.30. The van der Waals surface area contributed by atoms with Gasteiger partial charge in [-0.15, -0.1) is 0 Å². The van der Waals surface area contributed by atoms with Crippen molar-refractivity contribution in [2.75, 3.05) is 25.7 Å². The molecular weight excluding hydrogens is 338 g/mol. The summed E-state index contributed by atoms with van der Waals surface area (Å²) in [5.74, 6) is 0.548. The van der Waals surface area contributed by atoms with Crippen molar-refractivity contribution in [1.82, 2.24) is 5.32 Å². The topological polar surface area (TPSA) is 64.6 Å². The molecule has 1 aromatic carbocycles. The Morgan fingerprint density at radius 3 is 3.00 bits per heavy atom. The van der Waals surface area contributed by atoms with Crippen LogP contribution in [0.15, 0.2) is 18.2 Å². The highest BCUT2D eigenvalue weighted by Crippen LogP contribution is 2.29. The Hall–Kier alpha value is -1.40. The second-order valence-corrected chi connectivity index (χ2v) is 6.75. The smallest absolute Gasteiger partial charge is 0.328 e. The van der Waals surface area contributed by atoms with Crippen molar-refractivity contribution in [3.63, 3.8) is 0 Å². The van der Waals surface area contributed by atoms with E-state index < -0.39 is 12.0 Å². The van der Waals surface area contributed by atoms with Gasteiger partial charge in [0.25, 0.3) is 0 Å². The third kappa shape index (κ3) is 4.78. The highest BCUT2D eigenvalue weighted by Gasteiger charge is 2.29. The molecule has 2 atom stereocenters. The Morgan fingerprint density at radius 2 is 2.30 bits per heavy atom. The number of halogens is 1. The summed E-state index contributed by atoms with van der Waals surface area (Å²) in [6, 6.07) is 4.75. The van der Waals surface area contributed by atoms with Gasteiger partial charge in [0.15, 0.2) is 0 Å². The Bertz CT molecular complexity index is 581. The minimum absolute atomic E-state index is 0.202. The number of esters is 1. The van der Waals surface area contributed by atoms with Crippen LogP contribution in [-0.4, -0.2) is 43.6 Å². The largest absolute Gasteiger partial charge is 0.492 e. The predicted molar refractivity (Wildman–Crippen MR) is 91.1 cm³/mol. The van der Waals surface area contributed by atoms with Gasteiger partial charge in [-0.1, -0.05) is 11.6 Å². The van der Waals surface area contributed by atoms with Crippen molar-refractivity contribution in [3.05, 3.63) is 28.8 Å². The molecule has 0 saturated carbocycles. The molecule has 1 amide bonds. The van der Waals surface area contributed by atoms with Crippen LogP contribution >= 0.6 is 23.4 Å². The maximum absolute atomic E-state index is 12.4. The van der Waals surface area contributed by atoms with E-state index in [-0.39, 0.29) is 18.4 Å². The fourth-order valence-corrected chi connectivity index (χ4v) is 3.11. The molecule has 5 nitrogen and oxygen atoms in total. The van der Waals surface area contributed by atoms with E-state index in [9.17, 15) is 9.59 Å². The van der Waals surface area contributed by atoms with Crippen LogP contribution in [-0.2, 0) is 20.7 Å². The molecule has 126 valence electrons. The first kappa shape index (κ1) is 17.9. The van der Waals surface area contributed by atoms with Crippen LogP contribution in [0.25, 0.3) is 0 Å². The van der Waals surface area contributed by atoms with E-state index in [2.05, 4.69) is 5.32 Å². The molecule has 0 aliphatic carbocycles. The van der Waals surface area contributed by atoms with Gasteiger partial charge in [-0.3, -0.25) is 4.79 Å². The highest BCUT2D eigenvalue weighted by atomic mass is 35.5. The fraction of sp³-hybridized carbons (Fsp3) is 0.500. The molecule has 1 N–H and O–H groups in total. The molecule has 23 heavy (non-hydrogen) atoms. The average Bonchev–Trinajstić information content (AvgIpc) is 2.56. The zero-order valence-corrected chi connectivity index (χ0v) is 14.7. The number of rotatable bonds is 6. The van der Waals surface area contributed by atoms with Gasteiger partial charge in [-0.25, -0.2) is 4.79 Å². The minimum atomic E-state index is -0.624. The van der Waals surface area contributed by atoms with E-state index in [4.69, 9.17) is 21.1 Å². The van der Waals surface area contributed by atoms with E-state index >= 15 is 0 Å². The van der Waals surface area contributed by atoms with E-state index in [0.29, 0.717) is 17.9 Å². The lowest BCUT2D eigenvalue weighted by Crippen LogP contribution is -2.46. The average molecular weight is 358 g/mol. The molecule has 1 aliphatic rings. The van der Waals surface area contributed by atoms with Crippen LogP contribution in [0.5, 0.6) is 5.75 Å². The van der Waals surface area contributed by atoms with Gasteiger partial charge in [-0.2, -0.15) is 11.8 Å². The number of methoxy groups -OCH3 is 1. The molecule has 0 bridgehead atoms. The second-order valence-electron chi connectivity index (χ2n) is 5.33. The first-order valence-corrected chi connectivity index (χ1v) is 9.10. The maximum atomic E-state index is 12.4. The van der Waals surface area contributed by atoms with Crippen LogP contribution in [0.3, 0.4) is 0 Å². The molecular formula is C16H20ClNO4S. The van der Waals surface area contributed by atoms with E-state index in [1.54, 1.807) is 17.8 Å². The van der Waals surface area contributed by atoms with E-state index in [1.165, 1.54) is 7.11 Å². The van der Waals surface area contributed by atoms with Crippen LogP contribution in [0.2, 0.25) is 5.02 Å². The first-order valence-electron chi connectivity index (χ1n) is 7.33. The summed E-state index contributed by atoms with van der Waals surface area (Å²) in [5, 5.41) is 3.39. The minimum Gasteiger partial charge on any atom is -0.492 e. The SMILES string of the molecule is COC(=O)[C@H](CCSC)NC(=O)[C@H]1COc2ccc(Cl)cc2C1. The fourth-order valence-electron chi connectivity index (χ4n) is 2.45. The number of carbonyl (C=O) groups is 2. The lowest BCUT2D eigenvalue weighted by Gasteiger charge is -2.26. The zero-order chi connectivity index (χ0) is 16.8. The molecule has 1 aromatic rings.